The number of carbonyl (C=O) groups excluding carboxylic acids is 1. The van der Waals surface area contributed by atoms with Crippen molar-refractivity contribution in [2.75, 3.05) is 25.0 Å². The fraction of sp³-hybridized carbons (Fsp3) is 0.474. The SMILES string of the molecule is CCc1[nH]nc(C(=O)Nc2ccc(C3CNCCO3)cc2)c1C1CC1. The van der Waals surface area contributed by atoms with Gasteiger partial charge in [0.1, 0.15) is 0 Å². The molecule has 6 nitrogen and oxygen atoms in total. The van der Waals surface area contributed by atoms with Gasteiger partial charge in [-0.2, -0.15) is 5.10 Å². The molecule has 0 bridgehead atoms. The summed E-state index contributed by atoms with van der Waals surface area (Å²) in [6, 6.07) is 7.87. The zero-order valence-corrected chi connectivity index (χ0v) is 14.5. The number of aromatic nitrogens is 2. The van der Waals surface area contributed by atoms with Gasteiger partial charge in [-0.05, 0) is 42.9 Å². The van der Waals surface area contributed by atoms with Crippen LogP contribution in [-0.2, 0) is 11.2 Å². The summed E-state index contributed by atoms with van der Waals surface area (Å²) in [5.74, 6) is 0.356. The average Bonchev–Trinajstić information content (AvgIpc) is 3.41. The van der Waals surface area contributed by atoms with Crippen molar-refractivity contribution in [2.45, 2.75) is 38.2 Å². The van der Waals surface area contributed by atoms with E-state index >= 15 is 0 Å². The molecule has 2 aliphatic rings. The molecule has 1 aromatic heterocycles. The lowest BCUT2D eigenvalue weighted by molar-refractivity contribution is 0.0277. The lowest BCUT2D eigenvalue weighted by atomic mass is 10.1. The second-order valence-corrected chi connectivity index (χ2v) is 6.73. The van der Waals surface area contributed by atoms with E-state index in [1.54, 1.807) is 0 Å². The van der Waals surface area contributed by atoms with E-state index in [0.717, 1.165) is 61.5 Å². The molecule has 2 heterocycles. The van der Waals surface area contributed by atoms with Crippen LogP contribution in [0.3, 0.4) is 0 Å². The zero-order chi connectivity index (χ0) is 17.2. The Morgan fingerprint density at radius 2 is 2.12 bits per heavy atom. The number of morpholine rings is 1. The standard InChI is InChI=1S/C19H24N4O2/c1-2-15-17(13-3-4-13)18(23-22-15)19(24)21-14-7-5-12(6-8-14)16-11-20-9-10-25-16/h5-8,13,16,20H,2-4,9-11H2,1H3,(H,21,24)(H,22,23). The molecule has 6 heteroatoms. The number of anilines is 1. The van der Waals surface area contributed by atoms with Gasteiger partial charge in [0.15, 0.2) is 5.69 Å². The summed E-state index contributed by atoms with van der Waals surface area (Å²) in [5.41, 5.74) is 4.64. The van der Waals surface area contributed by atoms with E-state index in [1.807, 2.05) is 24.3 Å². The van der Waals surface area contributed by atoms with Crippen LogP contribution in [0.15, 0.2) is 24.3 Å². The molecular weight excluding hydrogens is 316 g/mol. The summed E-state index contributed by atoms with van der Waals surface area (Å²) in [5, 5.41) is 13.6. The van der Waals surface area contributed by atoms with Crippen molar-refractivity contribution in [1.82, 2.24) is 15.5 Å². The Balaban J connectivity index is 1.47. The van der Waals surface area contributed by atoms with E-state index in [0.29, 0.717) is 11.6 Å². The highest BCUT2D eigenvalue weighted by Crippen LogP contribution is 2.43. The molecule has 1 atom stereocenters. The minimum Gasteiger partial charge on any atom is -0.371 e. The third-order valence-corrected chi connectivity index (χ3v) is 4.91. The summed E-state index contributed by atoms with van der Waals surface area (Å²) < 4.78 is 5.75. The number of H-pyrrole nitrogens is 1. The summed E-state index contributed by atoms with van der Waals surface area (Å²) in [7, 11) is 0. The first-order valence-corrected chi connectivity index (χ1v) is 9.07. The Morgan fingerprint density at radius 1 is 1.32 bits per heavy atom. The maximum absolute atomic E-state index is 12.7. The Kier molecular flexibility index (Phi) is 4.55. The zero-order valence-electron chi connectivity index (χ0n) is 14.5. The average molecular weight is 340 g/mol. The van der Waals surface area contributed by atoms with Crippen molar-refractivity contribution in [3.8, 4) is 0 Å². The summed E-state index contributed by atoms with van der Waals surface area (Å²) in [4.78, 5) is 12.7. The van der Waals surface area contributed by atoms with Crippen molar-refractivity contribution >= 4 is 11.6 Å². The number of hydrogen-bond acceptors (Lipinski definition) is 4. The monoisotopic (exact) mass is 340 g/mol. The van der Waals surface area contributed by atoms with Crippen LogP contribution in [-0.4, -0.2) is 35.8 Å². The summed E-state index contributed by atoms with van der Waals surface area (Å²) in [6.45, 7) is 4.54. The third kappa shape index (κ3) is 3.45. The van der Waals surface area contributed by atoms with Crippen molar-refractivity contribution in [3.05, 3.63) is 46.8 Å². The number of ether oxygens (including phenoxy) is 1. The number of benzene rings is 1. The summed E-state index contributed by atoms with van der Waals surface area (Å²) >= 11 is 0. The Hall–Kier alpha value is -2.18. The van der Waals surface area contributed by atoms with Gasteiger partial charge in [-0.15, -0.1) is 0 Å². The van der Waals surface area contributed by atoms with E-state index in [1.165, 1.54) is 0 Å². The molecule has 1 unspecified atom stereocenters. The predicted octanol–water partition coefficient (Wildman–Crippen LogP) is 2.76. The molecule has 4 rings (SSSR count). The van der Waals surface area contributed by atoms with E-state index in [-0.39, 0.29) is 12.0 Å². The number of carbonyl (C=O) groups is 1. The van der Waals surface area contributed by atoms with E-state index in [9.17, 15) is 4.79 Å². The molecule has 1 saturated carbocycles. The highest BCUT2D eigenvalue weighted by atomic mass is 16.5. The number of aromatic amines is 1. The van der Waals surface area contributed by atoms with Crippen LogP contribution in [0.1, 0.15) is 59.1 Å². The second kappa shape index (κ2) is 6.98. The minimum absolute atomic E-state index is 0.0819. The van der Waals surface area contributed by atoms with Crippen LogP contribution in [0, 0.1) is 0 Å². The fourth-order valence-electron chi connectivity index (χ4n) is 3.39. The molecule has 2 fully saturated rings. The minimum atomic E-state index is -0.138. The lowest BCUT2D eigenvalue weighted by Gasteiger charge is -2.24. The van der Waals surface area contributed by atoms with E-state index in [4.69, 9.17) is 4.74 Å². The highest BCUT2D eigenvalue weighted by Gasteiger charge is 2.32. The lowest BCUT2D eigenvalue weighted by Crippen LogP contribution is -2.33. The third-order valence-electron chi connectivity index (χ3n) is 4.91. The fourth-order valence-corrected chi connectivity index (χ4v) is 3.39. The number of hydrogen-bond donors (Lipinski definition) is 3. The van der Waals surface area contributed by atoms with Crippen LogP contribution in [0.4, 0.5) is 5.69 Å². The predicted molar refractivity (Wildman–Crippen MR) is 95.9 cm³/mol. The van der Waals surface area contributed by atoms with Crippen molar-refractivity contribution < 1.29 is 9.53 Å². The number of nitrogens with one attached hydrogen (secondary N) is 3. The van der Waals surface area contributed by atoms with Gasteiger partial charge in [-0.3, -0.25) is 9.89 Å². The smallest absolute Gasteiger partial charge is 0.276 e. The quantitative estimate of drug-likeness (QED) is 0.782. The first-order valence-electron chi connectivity index (χ1n) is 9.07. The largest absolute Gasteiger partial charge is 0.371 e. The van der Waals surface area contributed by atoms with Gasteiger partial charge in [0, 0.05) is 30.0 Å². The van der Waals surface area contributed by atoms with Crippen molar-refractivity contribution in [2.24, 2.45) is 0 Å². The first-order chi connectivity index (χ1) is 12.3. The van der Waals surface area contributed by atoms with Crippen LogP contribution in [0.5, 0.6) is 0 Å². The van der Waals surface area contributed by atoms with Crippen LogP contribution >= 0.6 is 0 Å². The molecule has 1 amide bonds. The van der Waals surface area contributed by atoms with Crippen LogP contribution < -0.4 is 10.6 Å². The topological polar surface area (TPSA) is 79.0 Å². The molecule has 0 radical (unpaired) electrons. The Morgan fingerprint density at radius 3 is 2.76 bits per heavy atom. The van der Waals surface area contributed by atoms with Gasteiger partial charge in [0.05, 0.1) is 12.7 Å². The summed E-state index contributed by atoms with van der Waals surface area (Å²) in [6.07, 6.45) is 3.25. The Bertz CT molecular complexity index is 743. The first kappa shape index (κ1) is 16.3. The molecule has 25 heavy (non-hydrogen) atoms. The maximum atomic E-state index is 12.7. The number of rotatable bonds is 5. The molecule has 132 valence electrons. The molecule has 1 saturated heterocycles. The number of amides is 1. The second-order valence-electron chi connectivity index (χ2n) is 6.73. The van der Waals surface area contributed by atoms with Crippen LogP contribution in [0.25, 0.3) is 0 Å². The van der Waals surface area contributed by atoms with Gasteiger partial charge < -0.3 is 15.4 Å². The van der Waals surface area contributed by atoms with Gasteiger partial charge in [0.2, 0.25) is 0 Å². The highest BCUT2D eigenvalue weighted by molar-refractivity contribution is 6.04. The molecule has 2 aromatic rings. The van der Waals surface area contributed by atoms with E-state index in [2.05, 4.69) is 27.8 Å². The van der Waals surface area contributed by atoms with Crippen molar-refractivity contribution in [1.29, 1.82) is 0 Å². The van der Waals surface area contributed by atoms with E-state index < -0.39 is 0 Å². The van der Waals surface area contributed by atoms with Gasteiger partial charge in [-0.25, -0.2) is 0 Å². The van der Waals surface area contributed by atoms with Crippen molar-refractivity contribution in [3.63, 3.8) is 0 Å². The van der Waals surface area contributed by atoms with Crippen LogP contribution in [0.2, 0.25) is 0 Å². The maximum Gasteiger partial charge on any atom is 0.276 e. The molecule has 0 spiro atoms. The molecule has 3 N–H and O–H groups in total. The molecule has 1 aliphatic heterocycles. The molecule has 1 aromatic carbocycles. The van der Waals surface area contributed by atoms with Gasteiger partial charge in [0.25, 0.3) is 5.91 Å². The number of aryl methyl sites for hydroxylation is 1. The van der Waals surface area contributed by atoms with Gasteiger partial charge >= 0.3 is 0 Å². The normalized spacial score (nSPS) is 20.4. The molecule has 1 aliphatic carbocycles. The Labute approximate surface area is 147 Å². The van der Waals surface area contributed by atoms with Gasteiger partial charge in [-0.1, -0.05) is 19.1 Å². The number of nitrogens with zero attached hydrogens (tertiary/aromatic N) is 1. The molecular formula is C19H24N4O2.